The number of rotatable bonds is 0. The monoisotopic (exact) mass is 332 g/mol. The molecule has 1 saturated carbocycles. The van der Waals surface area contributed by atoms with E-state index < -0.39 is 17.8 Å². The van der Waals surface area contributed by atoms with E-state index in [1.165, 1.54) is 0 Å². The second-order valence-corrected chi connectivity index (χ2v) is 8.89. The summed E-state index contributed by atoms with van der Waals surface area (Å²) in [6.45, 7) is 12.6. The molecule has 0 amide bonds. The zero-order valence-corrected chi connectivity index (χ0v) is 15.1. The Bertz CT molecular complexity index is 652. The molecular formula is C20H28O4. The summed E-state index contributed by atoms with van der Waals surface area (Å²) < 4.78 is 11.8. The van der Waals surface area contributed by atoms with E-state index in [0.29, 0.717) is 5.57 Å². The predicted octanol–water partition coefficient (Wildman–Crippen LogP) is 2.94. The van der Waals surface area contributed by atoms with Gasteiger partial charge in [-0.05, 0) is 62.5 Å². The third-order valence-electron chi connectivity index (χ3n) is 7.34. The number of ketones is 1. The Morgan fingerprint density at radius 2 is 1.88 bits per heavy atom. The molecule has 4 rings (SSSR count). The molecule has 1 N–H and O–H groups in total. The van der Waals surface area contributed by atoms with E-state index in [1.54, 1.807) is 6.08 Å². The lowest BCUT2D eigenvalue weighted by molar-refractivity contribution is -0.117. The largest absolute Gasteiger partial charge is 0.389 e. The maximum absolute atomic E-state index is 13.0. The van der Waals surface area contributed by atoms with Crippen molar-refractivity contribution in [1.82, 2.24) is 0 Å². The van der Waals surface area contributed by atoms with Gasteiger partial charge in [-0.25, -0.2) is 0 Å². The molecule has 0 spiro atoms. The van der Waals surface area contributed by atoms with Crippen LogP contribution in [0.25, 0.3) is 0 Å². The summed E-state index contributed by atoms with van der Waals surface area (Å²) in [6.07, 6.45) is 4.47. The van der Waals surface area contributed by atoms with Gasteiger partial charge in [0.05, 0.1) is 17.8 Å². The van der Waals surface area contributed by atoms with E-state index in [1.807, 2.05) is 13.8 Å². The number of hydrogen-bond acceptors (Lipinski definition) is 4. The lowest BCUT2D eigenvalue weighted by Crippen LogP contribution is -2.42. The Labute approximate surface area is 143 Å². The zero-order chi connectivity index (χ0) is 17.5. The van der Waals surface area contributed by atoms with Crippen LogP contribution in [0.5, 0.6) is 0 Å². The Balaban J connectivity index is 1.73. The second-order valence-electron chi connectivity index (χ2n) is 8.89. The highest BCUT2D eigenvalue weighted by Crippen LogP contribution is 2.55. The van der Waals surface area contributed by atoms with Crippen LogP contribution in [-0.2, 0) is 14.3 Å². The molecule has 132 valence electrons. The molecule has 0 aromatic heterocycles. The average Bonchev–Trinajstić information content (AvgIpc) is 3.40. The van der Waals surface area contributed by atoms with Crippen molar-refractivity contribution >= 4 is 5.78 Å². The van der Waals surface area contributed by atoms with E-state index in [-0.39, 0.29) is 28.8 Å². The van der Waals surface area contributed by atoms with Crippen LogP contribution in [-0.4, -0.2) is 40.4 Å². The summed E-state index contributed by atoms with van der Waals surface area (Å²) in [5.74, 6) is 0.0107. The van der Waals surface area contributed by atoms with E-state index in [2.05, 4.69) is 20.4 Å². The van der Waals surface area contributed by atoms with Crippen molar-refractivity contribution in [2.45, 2.75) is 82.9 Å². The van der Waals surface area contributed by atoms with Gasteiger partial charge in [0.15, 0.2) is 5.78 Å². The van der Waals surface area contributed by atoms with Crippen LogP contribution in [0.4, 0.5) is 0 Å². The van der Waals surface area contributed by atoms with Gasteiger partial charge in [0.2, 0.25) is 0 Å². The van der Waals surface area contributed by atoms with Gasteiger partial charge in [0.25, 0.3) is 0 Å². The molecule has 3 fully saturated rings. The van der Waals surface area contributed by atoms with Crippen LogP contribution >= 0.6 is 0 Å². The van der Waals surface area contributed by atoms with Crippen LogP contribution in [0.3, 0.4) is 0 Å². The molecule has 4 nitrogen and oxygen atoms in total. The van der Waals surface area contributed by atoms with E-state index in [4.69, 9.17) is 9.47 Å². The van der Waals surface area contributed by atoms with Gasteiger partial charge >= 0.3 is 0 Å². The third-order valence-corrected chi connectivity index (χ3v) is 7.34. The predicted molar refractivity (Wildman–Crippen MR) is 90.5 cm³/mol. The number of carbonyl (C=O) groups excluding carboxylic acids is 1. The molecule has 24 heavy (non-hydrogen) atoms. The number of Topliss-reactive ketones (excluding diaryl/α,β-unsaturated/α-hetero) is 1. The minimum absolute atomic E-state index is 0.0141. The average molecular weight is 332 g/mol. The molecule has 0 aromatic rings. The summed E-state index contributed by atoms with van der Waals surface area (Å²) in [7, 11) is 0. The van der Waals surface area contributed by atoms with Gasteiger partial charge in [0.1, 0.15) is 11.7 Å². The van der Waals surface area contributed by atoms with Crippen molar-refractivity contribution in [1.29, 1.82) is 0 Å². The second kappa shape index (κ2) is 4.80. The van der Waals surface area contributed by atoms with Crippen LogP contribution in [0.1, 0.15) is 53.4 Å². The molecule has 2 aliphatic carbocycles. The van der Waals surface area contributed by atoms with Crippen LogP contribution in [0.15, 0.2) is 23.8 Å². The smallest absolute Gasteiger partial charge is 0.194 e. The molecular weight excluding hydrogens is 304 g/mol. The number of allylic oxidation sites excluding steroid dienone is 1. The van der Waals surface area contributed by atoms with Crippen molar-refractivity contribution in [3.63, 3.8) is 0 Å². The third kappa shape index (κ3) is 2.19. The zero-order valence-electron chi connectivity index (χ0n) is 15.1. The summed E-state index contributed by atoms with van der Waals surface area (Å²) in [5, 5.41) is 10.6. The minimum Gasteiger partial charge on any atom is -0.389 e. The van der Waals surface area contributed by atoms with Crippen LogP contribution in [0, 0.1) is 11.3 Å². The van der Waals surface area contributed by atoms with Crippen LogP contribution < -0.4 is 0 Å². The van der Waals surface area contributed by atoms with Gasteiger partial charge in [-0.2, -0.15) is 0 Å². The van der Waals surface area contributed by atoms with Gasteiger partial charge < -0.3 is 14.6 Å². The summed E-state index contributed by atoms with van der Waals surface area (Å²) in [6, 6.07) is 0. The van der Waals surface area contributed by atoms with Crippen molar-refractivity contribution < 1.29 is 19.4 Å². The van der Waals surface area contributed by atoms with Crippen LogP contribution in [0.2, 0.25) is 0 Å². The molecule has 2 aliphatic heterocycles. The lowest BCUT2D eigenvalue weighted by Gasteiger charge is -2.44. The molecule has 4 heteroatoms. The first-order valence-electron chi connectivity index (χ1n) is 9.10. The fourth-order valence-electron chi connectivity index (χ4n) is 4.68. The minimum atomic E-state index is -0.629. The summed E-state index contributed by atoms with van der Waals surface area (Å²) in [4.78, 5) is 13.0. The Morgan fingerprint density at radius 3 is 2.58 bits per heavy atom. The van der Waals surface area contributed by atoms with Crippen molar-refractivity contribution in [3.8, 4) is 0 Å². The maximum Gasteiger partial charge on any atom is 0.194 e. The standard InChI is InChI=1S/C20H28O4/c1-11-13-10-14(21)12(2)18(11,3)8-9-19(4)15(23-19)6-7-20(5)17(24-20)16(13)22/h10,12,14-15,17,21H,1,6-9H2,2-5H3/t12-,14-,15+,17-,18-,19-,20-/m1/s1. The molecule has 0 unspecified atom stereocenters. The number of aliphatic hydroxyl groups excluding tert-OH is 1. The summed E-state index contributed by atoms with van der Waals surface area (Å²) in [5.41, 5.74) is 0.650. The number of epoxide rings is 2. The highest BCUT2D eigenvalue weighted by Gasteiger charge is 2.61. The topological polar surface area (TPSA) is 62.4 Å². The first-order chi connectivity index (χ1) is 11.1. The normalized spacial score (nSPS) is 54.0. The fourth-order valence-corrected chi connectivity index (χ4v) is 4.68. The highest BCUT2D eigenvalue weighted by molar-refractivity contribution is 6.05. The molecule has 7 atom stereocenters. The molecule has 0 aromatic carbocycles. The molecule has 4 aliphatic rings. The number of fused-ring (bicyclic) bond motifs is 4. The quantitative estimate of drug-likeness (QED) is 0.693. The Kier molecular flexibility index (Phi) is 3.30. The molecule has 2 bridgehead atoms. The van der Waals surface area contributed by atoms with E-state index in [9.17, 15) is 9.90 Å². The Morgan fingerprint density at radius 1 is 1.17 bits per heavy atom. The number of aliphatic hydroxyl groups is 1. The number of hydrogen-bond donors (Lipinski definition) is 1. The van der Waals surface area contributed by atoms with Gasteiger partial charge in [0, 0.05) is 5.57 Å². The first kappa shape index (κ1) is 16.5. The molecule has 2 saturated heterocycles. The lowest BCUT2D eigenvalue weighted by atomic mass is 9.61. The Hall–Kier alpha value is -0.970. The van der Waals surface area contributed by atoms with Gasteiger partial charge in [-0.1, -0.05) is 20.4 Å². The highest BCUT2D eigenvalue weighted by atomic mass is 16.6. The van der Waals surface area contributed by atoms with E-state index in [0.717, 1.165) is 31.3 Å². The molecule has 2 heterocycles. The molecule has 0 radical (unpaired) electrons. The number of carbonyl (C=O) groups is 1. The number of ether oxygens (including phenoxy) is 2. The first-order valence-corrected chi connectivity index (χ1v) is 9.10. The maximum atomic E-state index is 13.0. The van der Waals surface area contributed by atoms with Crippen molar-refractivity contribution in [2.75, 3.05) is 0 Å². The fraction of sp³-hybridized carbons (Fsp3) is 0.750. The van der Waals surface area contributed by atoms with Crippen molar-refractivity contribution in [3.05, 3.63) is 23.8 Å². The summed E-state index contributed by atoms with van der Waals surface area (Å²) >= 11 is 0. The van der Waals surface area contributed by atoms with E-state index >= 15 is 0 Å². The van der Waals surface area contributed by atoms with Crippen molar-refractivity contribution in [2.24, 2.45) is 11.3 Å². The SMILES string of the molecule is C=C1C2=C[C@@H](O)[C@@H](C)[C@]1(C)CC[C@@]1(C)O[C@H]1CC[C@@]1(C)O[C@@H]1C2=O. The van der Waals surface area contributed by atoms with Gasteiger partial charge in [-0.15, -0.1) is 0 Å². The van der Waals surface area contributed by atoms with Gasteiger partial charge in [-0.3, -0.25) is 4.79 Å².